The molecule has 0 saturated carbocycles. The van der Waals surface area contributed by atoms with Crippen LogP contribution in [0.25, 0.3) is 0 Å². The summed E-state index contributed by atoms with van der Waals surface area (Å²) < 4.78 is 0. The van der Waals surface area contributed by atoms with E-state index in [9.17, 15) is 10.2 Å². The van der Waals surface area contributed by atoms with Crippen molar-refractivity contribution in [3.63, 3.8) is 0 Å². The van der Waals surface area contributed by atoms with Crippen LogP contribution in [0, 0.1) is 5.41 Å². The highest BCUT2D eigenvalue weighted by atomic mass is 16.3. The first-order valence-corrected chi connectivity index (χ1v) is 5.50. The van der Waals surface area contributed by atoms with Gasteiger partial charge in [-0.2, -0.15) is 0 Å². The molecule has 1 aromatic rings. The Morgan fingerprint density at radius 3 is 2.41 bits per heavy atom. The van der Waals surface area contributed by atoms with Crippen LogP contribution < -0.4 is 5.73 Å². The summed E-state index contributed by atoms with van der Waals surface area (Å²) in [6.07, 6.45) is -0.930. The van der Waals surface area contributed by atoms with Gasteiger partial charge in [0.25, 0.3) is 0 Å². The van der Waals surface area contributed by atoms with E-state index in [2.05, 4.69) is 4.98 Å². The second kappa shape index (κ2) is 5.00. The molecule has 0 bridgehead atoms. The topological polar surface area (TPSA) is 99.6 Å². The van der Waals surface area contributed by atoms with E-state index >= 15 is 0 Å². The van der Waals surface area contributed by atoms with Gasteiger partial charge in [0.15, 0.2) is 0 Å². The lowest BCUT2D eigenvalue weighted by molar-refractivity contribution is 0.0885. The summed E-state index contributed by atoms with van der Waals surface area (Å²) in [5.41, 5.74) is 6.17. The minimum atomic E-state index is -0.930. The van der Waals surface area contributed by atoms with Crippen molar-refractivity contribution in [2.24, 2.45) is 11.1 Å². The summed E-state index contributed by atoms with van der Waals surface area (Å²) in [6.45, 7) is 5.40. The fraction of sp³-hybridized carbons (Fsp3) is 0.583. The number of nitrogens with two attached hydrogens (primary N) is 1. The van der Waals surface area contributed by atoms with Crippen molar-refractivity contribution in [2.75, 3.05) is 0 Å². The third kappa shape index (κ3) is 3.15. The zero-order valence-corrected chi connectivity index (χ0v) is 10.4. The maximum atomic E-state index is 10.1. The van der Waals surface area contributed by atoms with Crippen LogP contribution in [0.2, 0.25) is 0 Å². The van der Waals surface area contributed by atoms with Gasteiger partial charge in [-0.15, -0.1) is 0 Å². The van der Waals surface area contributed by atoms with Gasteiger partial charge in [0.2, 0.25) is 0 Å². The molecule has 0 aliphatic carbocycles. The zero-order chi connectivity index (χ0) is 13.2. The number of nitrogens with zero attached hydrogens (tertiary/aromatic N) is 1. The minimum absolute atomic E-state index is 0.0900. The second-order valence-corrected chi connectivity index (χ2v) is 5.20. The molecule has 17 heavy (non-hydrogen) atoms. The standard InChI is InChI=1S/C12H20N2O3/c1-12(2,3)11(13)10(17)7-4-5-9(16)8(6-15)14-7/h4-5,10-11,15-17H,6,13H2,1-3H3. The van der Waals surface area contributed by atoms with Gasteiger partial charge in [0, 0.05) is 6.04 Å². The van der Waals surface area contributed by atoms with Crippen LogP contribution in [0.4, 0.5) is 0 Å². The highest BCUT2D eigenvalue weighted by Gasteiger charge is 2.29. The quantitative estimate of drug-likeness (QED) is 0.623. The monoisotopic (exact) mass is 240 g/mol. The van der Waals surface area contributed by atoms with E-state index < -0.39 is 12.1 Å². The fourth-order valence-electron chi connectivity index (χ4n) is 1.45. The van der Waals surface area contributed by atoms with Gasteiger partial charge in [0.05, 0.1) is 12.3 Å². The van der Waals surface area contributed by atoms with Gasteiger partial charge in [-0.05, 0) is 17.5 Å². The molecule has 1 rings (SSSR count). The summed E-state index contributed by atoms with van der Waals surface area (Å²) in [5.74, 6) is -0.0900. The lowest BCUT2D eigenvalue weighted by Gasteiger charge is -2.31. The van der Waals surface area contributed by atoms with Gasteiger partial charge in [0.1, 0.15) is 17.5 Å². The lowest BCUT2D eigenvalue weighted by Crippen LogP contribution is -2.40. The molecule has 2 atom stereocenters. The second-order valence-electron chi connectivity index (χ2n) is 5.20. The van der Waals surface area contributed by atoms with Crippen LogP contribution in [0.1, 0.15) is 38.3 Å². The summed E-state index contributed by atoms with van der Waals surface area (Å²) in [7, 11) is 0. The zero-order valence-electron chi connectivity index (χ0n) is 10.4. The highest BCUT2D eigenvalue weighted by Crippen LogP contribution is 2.28. The average Bonchev–Trinajstić information content (AvgIpc) is 2.26. The maximum Gasteiger partial charge on any atom is 0.139 e. The molecule has 0 aliphatic rings. The molecular formula is C12H20N2O3. The Morgan fingerprint density at radius 2 is 1.94 bits per heavy atom. The first kappa shape index (κ1) is 13.9. The number of aromatic nitrogens is 1. The number of aromatic hydroxyl groups is 1. The molecule has 2 unspecified atom stereocenters. The minimum Gasteiger partial charge on any atom is -0.506 e. The van der Waals surface area contributed by atoms with Crippen molar-refractivity contribution in [2.45, 2.75) is 39.5 Å². The summed E-state index contributed by atoms with van der Waals surface area (Å²) >= 11 is 0. The number of aliphatic hydroxyl groups is 2. The van der Waals surface area contributed by atoms with Crippen LogP contribution in [-0.2, 0) is 6.61 Å². The third-order valence-electron chi connectivity index (χ3n) is 2.76. The molecule has 0 spiro atoms. The normalized spacial score (nSPS) is 15.6. The largest absolute Gasteiger partial charge is 0.506 e. The van der Waals surface area contributed by atoms with Crippen molar-refractivity contribution < 1.29 is 15.3 Å². The van der Waals surface area contributed by atoms with Crippen LogP contribution in [-0.4, -0.2) is 26.3 Å². The van der Waals surface area contributed by atoms with Crippen molar-refractivity contribution in [1.82, 2.24) is 4.98 Å². The van der Waals surface area contributed by atoms with Gasteiger partial charge in [-0.1, -0.05) is 20.8 Å². The van der Waals surface area contributed by atoms with Gasteiger partial charge >= 0.3 is 0 Å². The molecule has 5 heteroatoms. The fourth-order valence-corrected chi connectivity index (χ4v) is 1.45. The van der Waals surface area contributed by atoms with Gasteiger partial charge in [-0.3, -0.25) is 0 Å². The SMILES string of the molecule is CC(C)(C)C(N)C(O)c1ccc(O)c(CO)n1. The molecule has 0 saturated heterocycles. The lowest BCUT2D eigenvalue weighted by atomic mass is 9.83. The predicted molar refractivity (Wildman–Crippen MR) is 64.2 cm³/mol. The van der Waals surface area contributed by atoms with Crippen LogP contribution >= 0.6 is 0 Å². The molecule has 5 nitrogen and oxygen atoms in total. The first-order valence-electron chi connectivity index (χ1n) is 5.50. The molecule has 5 N–H and O–H groups in total. The van der Waals surface area contributed by atoms with Crippen molar-refractivity contribution >= 4 is 0 Å². The number of rotatable bonds is 3. The van der Waals surface area contributed by atoms with Crippen molar-refractivity contribution in [3.8, 4) is 5.75 Å². The molecule has 0 radical (unpaired) electrons. The van der Waals surface area contributed by atoms with Gasteiger partial charge in [-0.25, -0.2) is 4.98 Å². The predicted octanol–water partition coefficient (Wildman–Crippen LogP) is 0.686. The Hall–Kier alpha value is -1.17. The highest BCUT2D eigenvalue weighted by molar-refractivity contribution is 5.28. The molecule has 1 heterocycles. The molecule has 1 aromatic heterocycles. The molecule has 96 valence electrons. The average molecular weight is 240 g/mol. The van der Waals surface area contributed by atoms with Crippen LogP contribution in [0.5, 0.6) is 5.75 Å². The summed E-state index contributed by atoms with van der Waals surface area (Å²) in [5, 5.41) is 28.5. The van der Waals surface area contributed by atoms with Crippen LogP contribution in [0.15, 0.2) is 12.1 Å². The summed E-state index contributed by atoms with van der Waals surface area (Å²) in [4.78, 5) is 4.00. The van der Waals surface area contributed by atoms with E-state index in [0.717, 1.165) is 0 Å². The first-order chi connectivity index (χ1) is 7.77. The van der Waals surface area contributed by atoms with Gasteiger partial charge < -0.3 is 21.1 Å². The van der Waals surface area contributed by atoms with Crippen LogP contribution in [0.3, 0.4) is 0 Å². The Kier molecular flexibility index (Phi) is 4.08. The number of pyridine rings is 1. The Morgan fingerprint density at radius 1 is 1.35 bits per heavy atom. The Labute approximate surface area is 101 Å². The molecule has 0 aromatic carbocycles. The molecule has 0 amide bonds. The van der Waals surface area contributed by atoms with E-state index in [1.54, 1.807) is 0 Å². The van der Waals surface area contributed by atoms with Crippen molar-refractivity contribution in [1.29, 1.82) is 0 Å². The summed E-state index contributed by atoms with van der Waals surface area (Å²) in [6, 6.07) is 2.42. The number of hydrogen-bond donors (Lipinski definition) is 4. The number of hydrogen-bond acceptors (Lipinski definition) is 5. The Bertz CT molecular complexity index is 388. The Balaban J connectivity index is 3.00. The molecular weight excluding hydrogens is 220 g/mol. The smallest absolute Gasteiger partial charge is 0.139 e. The van der Waals surface area contributed by atoms with E-state index in [1.165, 1.54) is 12.1 Å². The number of aliphatic hydroxyl groups excluding tert-OH is 2. The molecule has 0 fully saturated rings. The molecule has 0 aliphatic heterocycles. The van der Waals surface area contributed by atoms with E-state index in [-0.39, 0.29) is 23.5 Å². The van der Waals surface area contributed by atoms with E-state index in [1.807, 2.05) is 20.8 Å². The third-order valence-corrected chi connectivity index (χ3v) is 2.76. The maximum absolute atomic E-state index is 10.1. The van der Waals surface area contributed by atoms with Crippen molar-refractivity contribution in [3.05, 3.63) is 23.5 Å². The van der Waals surface area contributed by atoms with E-state index in [0.29, 0.717) is 5.69 Å². The van der Waals surface area contributed by atoms with E-state index in [4.69, 9.17) is 10.8 Å².